The molecule has 5 heteroatoms. The second-order valence-electron chi connectivity index (χ2n) is 6.15. The molecule has 0 saturated carbocycles. The molecule has 1 N–H and O–H groups in total. The van der Waals surface area contributed by atoms with E-state index in [1.807, 2.05) is 0 Å². The van der Waals surface area contributed by atoms with Crippen molar-refractivity contribution in [2.45, 2.75) is 84.7 Å². The van der Waals surface area contributed by atoms with Crippen molar-refractivity contribution in [3.8, 4) is 0 Å². The molecule has 0 radical (unpaired) electrons. The first-order valence-corrected chi connectivity index (χ1v) is 14.2. The van der Waals surface area contributed by atoms with E-state index in [-0.39, 0.29) is 0 Å². The minimum absolute atomic E-state index is 0.704. The van der Waals surface area contributed by atoms with Crippen LogP contribution in [0.1, 0.15) is 54.4 Å². The Bertz CT molecular complexity index is 246. The first-order chi connectivity index (χ1) is 9.97. The van der Waals surface area contributed by atoms with Gasteiger partial charge in [0, 0.05) is 25.0 Å². The van der Waals surface area contributed by atoms with E-state index in [9.17, 15) is 0 Å². The van der Waals surface area contributed by atoms with Crippen LogP contribution in [0, 0.1) is 0 Å². The number of nitrogens with one attached hydrogen (secondary N) is 1. The fraction of sp³-hybridized carbons (Fsp3) is 1.00. The molecular weight excluding hydrogens is 294 g/mol. The molecule has 0 spiro atoms. The van der Waals surface area contributed by atoms with Crippen LogP contribution < -0.4 is 5.32 Å². The third kappa shape index (κ3) is 6.52. The molecule has 0 aromatic heterocycles. The van der Waals surface area contributed by atoms with E-state index in [0.29, 0.717) is 5.67 Å². The lowest BCUT2D eigenvalue weighted by atomic mass is 10.3. The van der Waals surface area contributed by atoms with Crippen LogP contribution in [0.25, 0.3) is 0 Å². The largest absolute Gasteiger partial charge is 0.394 e. The second kappa shape index (κ2) is 10.9. The van der Waals surface area contributed by atoms with Gasteiger partial charge in [0.1, 0.15) is 0 Å². The Hall–Kier alpha value is 0.314. The second-order valence-corrected chi connectivity index (χ2v) is 14.9. The molecule has 0 amide bonds. The molecule has 128 valence electrons. The van der Waals surface area contributed by atoms with Crippen LogP contribution in [0.2, 0.25) is 24.7 Å². The Morgan fingerprint density at radius 1 is 0.857 bits per heavy atom. The highest BCUT2D eigenvalue weighted by Crippen LogP contribution is 2.27. The van der Waals surface area contributed by atoms with Crippen molar-refractivity contribution in [2.75, 3.05) is 19.4 Å². The van der Waals surface area contributed by atoms with Crippen molar-refractivity contribution in [2.24, 2.45) is 0 Å². The summed E-state index contributed by atoms with van der Waals surface area (Å²) in [5.74, 6) is 0. The number of hydrogen-bond donors (Lipinski definition) is 1. The molecular formula is C16H39NO2Si2. The van der Waals surface area contributed by atoms with Gasteiger partial charge in [0.25, 0.3) is 0 Å². The molecule has 3 nitrogen and oxygen atoms in total. The molecule has 21 heavy (non-hydrogen) atoms. The van der Waals surface area contributed by atoms with Gasteiger partial charge in [0.15, 0.2) is 0 Å². The van der Waals surface area contributed by atoms with Crippen molar-refractivity contribution in [1.29, 1.82) is 0 Å². The first kappa shape index (κ1) is 21.3. The SMILES string of the molecule is CCCC(NC[Si](C)(OCC)OCC)[Si](CC)(CC)CC. The van der Waals surface area contributed by atoms with Crippen LogP contribution in [0.5, 0.6) is 0 Å². The third-order valence-corrected chi connectivity index (χ3v) is 13.8. The maximum atomic E-state index is 5.98. The predicted molar refractivity (Wildman–Crippen MR) is 98.8 cm³/mol. The average molecular weight is 334 g/mol. The van der Waals surface area contributed by atoms with Gasteiger partial charge in [-0.1, -0.05) is 52.2 Å². The molecule has 1 unspecified atom stereocenters. The summed E-state index contributed by atoms with van der Waals surface area (Å²) in [6.45, 7) is 17.3. The van der Waals surface area contributed by atoms with Gasteiger partial charge in [-0.15, -0.1) is 0 Å². The van der Waals surface area contributed by atoms with Crippen LogP contribution in [-0.4, -0.2) is 41.7 Å². The Labute approximate surface area is 135 Å². The van der Waals surface area contributed by atoms with Crippen LogP contribution >= 0.6 is 0 Å². The molecule has 0 aliphatic rings. The lowest BCUT2D eigenvalue weighted by Gasteiger charge is -2.39. The lowest BCUT2D eigenvalue weighted by molar-refractivity contribution is 0.186. The standard InChI is InChI=1S/C16H39NO2Si2/c1-8-14-16(21(11-4,12-5)13-6)17-15-20(7,18-9-2)19-10-3/h16-17H,8-15H2,1-7H3. The van der Waals surface area contributed by atoms with Gasteiger partial charge in [-0.3, -0.25) is 0 Å². The van der Waals surface area contributed by atoms with Crippen LogP contribution in [0.3, 0.4) is 0 Å². The summed E-state index contributed by atoms with van der Waals surface area (Å²) in [5.41, 5.74) is 0.704. The highest BCUT2D eigenvalue weighted by molar-refractivity contribution is 6.81. The van der Waals surface area contributed by atoms with E-state index in [1.165, 1.54) is 31.0 Å². The van der Waals surface area contributed by atoms with Gasteiger partial charge in [0.2, 0.25) is 0 Å². The highest BCUT2D eigenvalue weighted by atomic mass is 28.4. The molecule has 0 bridgehead atoms. The monoisotopic (exact) mass is 333 g/mol. The van der Waals surface area contributed by atoms with Crippen molar-refractivity contribution >= 4 is 16.6 Å². The van der Waals surface area contributed by atoms with Gasteiger partial charge in [0.05, 0.1) is 8.07 Å². The summed E-state index contributed by atoms with van der Waals surface area (Å²) < 4.78 is 12.0. The van der Waals surface area contributed by atoms with E-state index in [0.717, 1.165) is 19.4 Å². The minimum atomic E-state index is -2.05. The average Bonchev–Trinajstić information content (AvgIpc) is 2.47. The van der Waals surface area contributed by atoms with Crippen molar-refractivity contribution in [1.82, 2.24) is 5.32 Å². The molecule has 1 atom stereocenters. The number of hydrogen-bond acceptors (Lipinski definition) is 3. The van der Waals surface area contributed by atoms with E-state index < -0.39 is 16.6 Å². The Balaban J connectivity index is 4.90. The van der Waals surface area contributed by atoms with E-state index in [1.54, 1.807) is 0 Å². The predicted octanol–water partition coefficient (Wildman–Crippen LogP) is 4.48. The molecule has 0 saturated heterocycles. The van der Waals surface area contributed by atoms with Crippen molar-refractivity contribution in [3.05, 3.63) is 0 Å². The zero-order valence-corrected chi connectivity index (χ0v) is 17.6. The highest BCUT2D eigenvalue weighted by Gasteiger charge is 2.38. The molecule has 0 aliphatic heterocycles. The maximum Gasteiger partial charge on any atom is 0.349 e. The molecule has 0 aliphatic carbocycles. The van der Waals surface area contributed by atoms with Gasteiger partial charge >= 0.3 is 8.56 Å². The summed E-state index contributed by atoms with van der Waals surface area (Å²) in [6, 6.07) is 4.12. The van der Waals surface area contributed by atoms with E-state index >= 15 is 0 Å². The minimum Gasteiger partial charge on any atom is -0.394 e. The summed E-state index contributed by atoms with van der Waals surface area (Å²) in [7, 11) is -3.26. The summed E-state index contributed by atoms with van der Waals surface area (Å²) >= 11 is 0. The normalized spacial score (nSPS) is 14.4. The third-order valence-electron chi connectivity index (χ3n) is 5.00. The van der Waals surface area contributed by atoms with Crippen molar-refractivity contribution < 1.29 is 8.85 Å². The van der Waals surface area contributed by atoms with Gasteiger partial charge in [-0.05, 0) is 26.8 Å². The van der Waals surface area contributed by atoms with Crippen LogP contribution in [0.15, 0.2) is 0 Å². The van der Waals surface area contributed by atoms with Crippen LogP contribution in [-0.2, 0) is 8.85 Å². The smallest absolute Gasteiger partial charge is 0.349 e. The van der Waals surface area contributed by atoms with E-state index in [2.05, 4.69) is 53.4 Å². The Morgan fingerprint density at radius 3 is 1.67 bits per heavy atom. The fourth-order valence-electron chi connectivity index (χ4n) is 3.47. The molecule has 0 aromatic carbocycles. The fourth-order valence-corrected chi connectivity index (χ4v) is 10.2. The first-order valence-electron chi connectivity index (χ1n) is 8.98. The maximum absolute atomic E-state index is 5.98. The molecule has 0 rings (SSSR count). The molecule has 0 fully saturated rings. The van der Waals surface area contributed by atoms with Crippen molar-refractivity contribution in [3.63, 3.8) is 0 Å². The van der Waals surface area contributed by atoms with Crippen LogP contribution in [0.4, 0.5) is 0 Å². The summed E-state index contributed by atoms with van der Waals surface area (Å²) in [5, 5.41) is 3.90. The Morgan fingerprint density at radius 2 is 1.33 bits per heavy atom. The quantitative estimate of drug-likeness (QED) is 0.504. The summed E-state index contributed by atoms with van der Waals surface area (Å²) in [4.78, 5) is 0. The lowest BCUT2D eigenvalue weighted by Crippen LogP contribution is -2.59. The zero-order chi connectivity index (χ0) is 16.4. The topological polar surface area (TPSA) is 30.5 Å². The number of rotatable bonds is 13. The summed E-state index contributed by atoms with van der Waals surface area (Å²) in [6.07, 6.45) is 3.48. The van der Waals surface area contributed by atoms with Gasteiger partial charge in [-0.2, -0.15) is 0 Å². The van der Waals surface area contributed by atoms with Gasteiger partial charge < -0.3 is 14.2 Å². The van der Waals surface area contributed by atoms with Gasteiger partial charge in [-0.25, -0.2) is 0 Å². The zero-order valence-electron chi connectivity index (χ0n) is 15.6. The Kier molecular flexibility index (Phi) is 11.1. The molecule has 0 heterocycles. The van der Waals surface area contributed by atoms with E-state index in [4.69, 9.17) is 8.85 Å². The molecule has 0 aromatic rings.